The third-order valence-electron chi connectivity index (χ3n) is 4.23. The standard InChI is InChI=1S/C19H21N3O3S2/c1-3-4-9-21-18(24)17-15(8-10-27-17)22(19(21)25)12-16(23)20-13-6-5-7-14(11-13)26-2/h5-8,10-11H,3-4,9,12H2,1-2H3,(H,20,23). The van der Waals surface area contributed by atoms with Crippen molar-refractivity contribution in [2.24, 2.45) is 0 Å². The second-order valence-corrected chi connectivity index (χ2v) is 7.89. The molecule has 0 radical (unpaired) electrons. The molecule has 0 bridgehead atoms. The van der Waals surface area contributed by atoms with E-state index in [1.807, 2.05) is 37.4 Å². The van der Waals surface area contributed by atoms with Crippen molar-refractivity contribution in [3.05, 3.63) is 56.5 Å². The number of carbonyl (C=O) groups is 1. The van der Waals surface area contributed by atoms with Gasteiger partial charge in [0, 0.05) is 17.1 Å². The fourth-order valence-corrected chi connectivity index (χ4v) is 4.15. The molecule has 142 valence electrons. The van der Waals surface area contributed by atoms with Gasteiger partial charge in [-0.1, -0.05) is 19.4 Å². The summed E-state index contributed by atoms with van der Waals surface area (Å²) in [6.45, 7) is 2.23. The van der Waals surface area contributed by atoms with E-state index in [4.69, 9.17) is 0 Å². The Kier molecular flexibility index (Phi) is 6.18. The molecule has 0 aliphatic heterocycles. The Labute approximate surface area is 164 Å². The Morgan fingerprint density at radius 1 is 1.22 bits per heavy atom. The molecular weight excluding hydrogens is 382 g/mol. The van der Waals surface area contributed by atoms with Gasteiger partial charge in [0.2, 0.25) is 5.91 Å². The van der Waals surface area contributed by atoms with E-state index >= 15 is 0 Å². The summed E-state index contributed by atoms with van der Waals surface area (Å²) in [7, 11) is 0. The molecule has 0 aliphatic rings. The molecule has 0 spiro atoms. The quantitative estimate of drug-likeness (QED) is 0.614. The van der Waals surface area contributed by atoms with E-state index < -0.39 is 5.69 Å². The normalized spacial score (nSPS) is 11.0. The largest absolute Gasteiger partial charge is 0.332 e. The highest BCUT2D eigenvalue weighted by molar-refractivity contribution is 7.98. The van der Waals surface area contributed by atoms with Crippen LogP contribution in [0.15, 0.2) is 50.2 Å². The molecular formula is C19H21N3O3S2. The number of hydrogen-bond acceptors (Lipinski definition) is 5. The van der Waals surface area contributed by atoms with Crippen LogP contribution < -0.4 is 16.6 Å². The number of unbranched alkanes of at least 4 members (excludes halogenated alkanes) is 1. The minimum absolute atomic E-state index is 0.137. The first-order chi connectivity index (χ1) is 13.0. The van der Waals surface area contributed by atoms with Gasteiger partial charge < -0.3 is 5.32 Å². The number of thioether (sulfide) groups is 1. The van der Waals surface area contributed by atoms with Gasteiger partial charge >= 0.3 is 5.69 Å². The van der Waals surface area contributed by atoms with Crippen LogP contribution in [0.1, 0.15) is 19.8 Å². The molecule has 0 aliphatic carbocycles. The molecule has 3 aromatic rings. The van der Waals surface area contributed by atoms with Crippen LogP contribution in [0.4, 0.5) is 5.69 Å². The zero-order valence-electron chi connectivity index (χ0n) is 15.2. The summed E-state index contributed by atoms with van der Waals surface area (Å²) in [6, 6.07) is 9.24. The summed E-state index contributed by atoms with van der Waals surface area (Å²) in [5, 5.41) is 4.60. The number of benzene rings is 1. The van der Waals surface area contributed by atoms with Gasteiger partial charge in [0.1, 0.15) is 11.2 Å². The molecule has 27 heavy (non-hydrogen) atoms. The molecule has 1 N–H and O–H groups in total. The fourth-order valence-electron chi connectivity index (χ4n) is 2.84. The minimum atomic E-state index is -0.438. The summed E-state index contributed by atoms with van der Waals surface area (Å²) in [5.74, 6) is -0.302. The monoisotopic (exact) mass is 403 g/mol. The van der Waals surface area contributed by atoms with Gasteiger partial charge in [0.15, 0.2) is 0 Å². The molecule has 2 aromatic heterocycles. The lowest BCUT2D eigenvalue weighted by Gasteiger charge is -2.12. The van der Waals surface area contributed by atoms with Crippen LogP contribution in [0.5, 0.6) is 0 Å². The van der Waals surface area contributed by atoms with Gasteiger partial charge in [-0.05, 0) is 42.3 Å². The van der Waals surface area contributed by atoms with Gasteiger partial charge in [0.25, 0.3) is 5.56 Å². The Balaban J connectivity index is 1.93. The topological polar surface area (TPSA) is 73.1 Å². The highest BCUT2D eigenvalue weighted by atomic mass is 32.2. The number of rotatable bonds is 7. The van der Waals surface area contributed by atoms with E-state index in [-0.39, 0.29) is 18.0 Å². The van der Waals surface area contributed by atoms with Crippen LogP contribution in [-0.2, 0) is 17.9 Å². The maximum absolute atomic E-state index is 12.8. The molecule has 0 atom stereocenters. The lowest BCUT2D eigenvalue weighted by Crippen LogP contribution is -2.41. The van der Waals surface area contributed by atoms with Crippen LogP contribution in [-0.4, -0.2) is 21.3 Å². The molecule has 0 fully saturated rings. The van der Waals surface area contributed by atoms with E-state index in [0.717, 1.165) is 17.7 Å². The zero-order chi connectivity index (χ0) is 19.4. The number of nitrogens with zero attached hydrogens (tertiary/aromatic N) is 2. The first-order valence-electron chi connectivity index (χ1n) is 8.70. The Hall–Kier alpha value is -2.32. The molecule has 8 heteroatoms. The maximum Gasteiger partial charge on any atom is 0.332 e. The lowest BCUT2D eigenvalue weighted by atomic mass is 10.3. The van der Waals surface area contributed by atoms with Crippen LogP contribution in [0, 0.1) is 0 Å². The van der Waals surface area contributed by atoms with Crippen LogP contribution in [0.3, 0.4) is 0 Å². The second kappa shape index (κ2) is 8.58. The van der Waals surface area contributed by atoms with Gasteiger partial charge in [-0.15, -0.1) is 23.1 Å². The molecule has 1 amide bonds. The van der Waals surface area contributed by atoms with E-state index in [9.17, 15) is 14.4 Å². The van der Waals surface area contributed by atoms with Gasteiger partial charge in [-0.25, -0.2) is 4.79 Å². The first-order valence-corrected chi connectivity index (χ1v) is 10.8. The van der Waals surface area contributed by atoms with Crippen molar-refractivity contribution in [1.82, 2.24) is 9.13 Å². The van der Waals surface area contributed by atoms with Gasteiger partial charge in [-0.3, -0.25) is 18.7 Å². The molecule has 2 heterocycles. The van der Waals surface area contributed by atoms with Gasteiger partial charge in [-0.2, -0.15) is 0 Å². The third-order valence-corrected chi connectivity index (χ3v) is 5.84. The number of fused-ring (bicyclic) bond motifs is 1. The van der Waals surface area contributed by atoms with E-state index in [1.54, 1.807) is 23.2 Å². The lowest BCUT2D eigenvalue weighted by molar-refractivity contribution is -0.116. The summed E-state index contributed by atoms with van der Waals surface area (Å²) in [4.78, 5) is 39.0. The average Bonchev–Trinajstić information content (AvgIpc) is 3.15. The summed E-state index contributed by atoms with van der Waals surface area (Å²) in [6.07, 6.45) is 3.58. The van der Waals surface area contributed by atoms with Gasteiger partial charge in [0.05, 0.1) is 5.52 Å². The van der Waals surface area contributed by atoms with Crippen molar-refractivity contribution in [3.63, 3.8) is 0 Å². The third kappa shape index (κ3) is 4.17. The molecule has 6 nitrogen and oxygen atoms in total. The number of anilines is 1. The predicted molar refractivity (Wildman–Crippen MR) is 112 cm³/mol. The van der Waals surface area contributed by atoms with E-state index in [2.05, 4.69) is 5.32 Å². The SMILES string of the molecule is CCCCn1c(=O)c2sccc2n(CC(=O)Nc2cccc(SC)c2)c1=O. The number of thiophene rings is 1. The van der Waals surface area contributed by atoms with Crippen LogP contribution in [0.2, 0.25) is 0 Å². The molecule has 0 unspecified atom stereocenters. The summed E-state index contributed by atoms with van der Waals surface area (Å²) >= 11 is 2.88. The smallest absolute Gasteiger partial charge is 0.324 e. The van der Waals surface area contributed by atoms with E-state index in [0.29, 0.717) is 22.4 Å². The van der Waals surface area contributed by atoms with Crippen molar-refractivity contribution in [2.75, 3.05) is 11.6 Å². The van der Waals surface area contributed by atoms with Crippen molar-refractivity contribution in [2.45, 2.75) is 37.8 Å². The number of nitrogens with one attached hydrogen (secondary N) is 1. The second-order valence-electron chi connectivity index (χ2n) is 6.09. The molecule has 1 aromatic carbocycles. The van der Waals surface area contributed by atoms with Crippen molar-refractivity contribution < 1.29 is 4.79 Å². The molecule has 3 rings (SSSR count). The Morgan fingerprint density at radius 3 is 2.78 bits per heavy atom. The fraction of sp³-hybridized carbons (Fsp3) is 0.316. The summed E-state index contributed by atoms with van der Waals surface area (Å²) < 4.78 is 3.13. The highest BCUT2D eigenvalue weighted by Gasteiger charge is 2.16. The zero-order valence-corrected chi connectivity index (χ0v) is 16.9. The first kappa shape index (κ1) is 19.4. The number of hydrogen-bond donors (Lipinski definition) is 1. The van der Waals surface area contributed by atoms with Crippen molar-refractivity contribution in [3.8, 4) is 0 Å². The number of amides is 1. The summed E-state index contributed by atoms with van der Waals surface area (Å²) in [5.41, 5.74) is 0.478. The van der Waals surface area contributed by atoms with Crippen molar-refractivity contribution >= 4 is 44.9 Å². The molecule has 0 saturated heterocycles. The Morgan fingerprint density at radius 2 is 2.04 bits per heavy atom. The van der Waals surface area contributed by atoms with Crippen molar-refractivity contribution in [1.29, 1.82) is 0 Å². The minimum Gasteiger partial charge on any atom is -0.324 e. The maximum atomic E-state index is 12.8. The number of aromatic nitrogens is 2. The highest BCUT2D eigenvalue weighted by Crippen LogP contribution is 2.19. The van der Waals surface area contributed by atoms with E-state index in [1.165, 1.54) is 20.5 Å². The number of carbonyl (C=O) groups excluding carboxylic acids is 1. The molecule has 0 saturated carbocycles. The van der Waals surface area contributed by atoms with Crippen LogP contribution >= 0.6 is 23.1 Å². The predicted octanol–water partition coefficient (Wildman–Crippen LogP) is 3.39. The van der Waals surface area contributed by atoms with Crippen LogP contribution in [0.25, 0.3) is 10.2 Å². The average molecular weight is 404 g/mol. The Bertz CT molecular complexity index is 1080.